The smallest absolute Gasteiger partial charge is 0.224 e. The highest BCUT2D eigenvalue weighted by atomic mass is 16.2. The second kappa shape index (κ2) is 4.19. The molecule has 2 rings (SSSR count). The highest BCUT2D eigenvalue weighted by molar-refractivity contribution is 5.79. The standard InChI is InChI=1S/C11H17N3O/c1-13-4-2-10(3-5-13)14-8-9(7-12)6-11(14)15/h9-10H,2-6,8H2,1H3. The Bertz CT molecular complexity index is 289. The van der Waals surface area contributed by atoms with Gasteiger partial charge < -0.3 is 9.80 Å². The first kappa shape index (κ1) is 10.4. The van der Waals surface area contributed by atoms with Gasteiger partial charge in [0, 0.05) is 19.0 Å². The van der Waals surface area contributed by atoms with Crippen molar-refractivity contribution in [2.24, 2.45) is 5.92 Å². The first-order valence-corrected chi connectivity index (χ1v) is 5.58. The van der Waals surface area contributed by atoms with Crippen LogP contribution in [0.5, 0.6) is 0 Å². The third kappa shape index (κ3) is 2.13. The number of carbonyl (C=O) groups excluding carboxylic acids is 1. The van der Waals surface area contributed by atoms with Crippen molar-refractivity contribution >= 4 is 5.91 Å². The second-order valence-electron chi connectivity index (χ2n) is 4.61. The van der Waals surface area contributed by atoms with Gasteiger partial charge >= 0.3 is 0 Å². The molecule has 0 aromatic heterocycles. The lowest BCUT2D eigenvalue weighted by atomic mass is 10.0. The minimum absolute atomic E-state index is 0.0721. The number of hydrogen-bond acceptors (Lipinski definition) is 3. The van der Waals surface area contributed by atoms with E-state index in [0.29, 0.717) is 19.0 Å². The summed E-state index contributed by atoms with van der Waals surface area (Å²) in [5.41, 5.74) is 0. The largest absolute Gasteiger partial charge is 0.338 e. The number of likely N-dealkylation sites (tertiary alicyclic amines) is 2. The Balaban J connectivity index is 1.94. The van der Waals surface area contributed by atoms with E-state index in [0.717, 1.165) is 25.9 Å². The van der Waals surface area contributed by atoms with Gasteiger partial charge in [0.25, 0.3) is 0 Å². The number of carbonyl (C=O) groups is 1. The lowest BCUT2D eigenvalue weighted by Crippen LogP contribution is -2.44. The fourth-order valence-corrected chi connectivity index (χ4v) is 2.48. The van der Waals surface area contributed by atoms with Crippen molar-refractivity contribution in [3.63, 3.8) is 0 Å². The number of hydrogen-bond donors (Lipinski definition) is 0. The Morgan fingerprint density at radius 3 is 2.60 bits per heavy atom. The van der Waals surface area contributed by atoms with Gasteiger partial charge in [0.15, 0.2) is 0 Å². The number of rotatable bonds is 1. The Labute approximate surface area is 90.5 Å². The van der Waals surface area contributed by atoms with Crippen molar-refractivity contribution in [2.75, 3.05) is 26.7 Å². The molecule has 0 radical (unpaired) electrons. The first-order valence-electron chi connectivity index (χ1n) is 5.58. The van der Waals surface area contributed by atoms with Gasteiger partial charge in [-0.3, -0.25) is 4.79 Å². The van der Waals surface area contributed by atoms with Crippen LogP contribution in [-0.4, -0.2) is 48.4 Å². The van der Waals surface area contributed by atoms with Crippen LogP contribution in [0, 0.1) is 17.2 Å². The first-order chi connectivity index (χ1) is 7.20. The molecule has 82 valence electrons. The molecule has 0 aromatic rings. The Kier molecular flexibility index (Phi) is 2.92. The maximum atomic E-state index is 11.7. The molecule has 0 saturated carbocycles. The van der Waals surface area contributed by atoms with E-state index in [-0.39, 0.29) is 11.8 Å². The maximum Gasteiger partial charge on any atom is 0.224 e. The third-order valence-electron chi connectivity index (χ3n) is 3.47. The van der Waals surface area contributed by atoms with E-state index >= 15 is 0 Å². The number of piperidine rings is 1. The maximum absolute atomic E-state index is 11.7. The Morgan fingerprint density at radius 2 is 2.07 bits per heavy atom. The molecular formula is C11H17N3O. The van der Waals surface area contributed by atoms with Crippen LogP contribution in [0.25, 0.3) is 0 Å². The molecule has 0 aliphatic carbocycles. The molecule has 2 fully saturated rings. The molecule has 1 unspecified atom stereocenters. The molecule has 4 heteroatoms. The van der Waals surface area contributed by atoms with Crippen LogP contribution in [-0.2, 0) is 4.79 Å². The predicted octanol–water partition coefficient (Wildman–Crippen LogP) is 0.453. The highest BCUT2D eigenvalue weighted by Crippen LogP contribution is 2.24. The van der Waals surface area contributed by atoms with Crippen molar-refractivity contribution in [1.82, 2.24) is 9.80 Å². The van der Waals surface area contributed by atoms with Crippen LogP contribution < -0.4 is 0 Å². The molecule has 0 bridgehead atoms. The number of nitriles is 1. The molecule has 2 aliphatic heterocycles. The van der Waals surface area contributed by atoms with Gasteiger partial charge in [-0.15, -0.1) is 0 Å². The SMILES string of the molecule is CN1CCC(N2CC(C#N)CC2=O)CC1. The van der Waals surface area contributed by atoms with E-state index in [1.54, 1.807) is 0 Å². The molecule has 15 heavy (non-hydrogen) atoms. The van der Waals surface area contributed by atoms with Gasteiger partial charge in [0.2, 0.25) is 5.91 Å². The molecular weight excluding hydrogens is 190 g/mol. The lowest BCUT2D eigenvalue weighted by Gasteiger charge is -2.35. The third-order valence-corrected chi connectivity index (χ3v) is 3.47. The van der Waals surface area contributed by atoms with Crippen molar-refractivity contribution < 1.29 is 4.79 Å². The summed E-state index contributed by atoms with van der Waals surface area (Å²) in [7, 11) is 2.11. The van der Waals surface area contributed by atoms with E-state index in [9.17, 15) is 4.79 Å². The molecule has 2 heterocycles. The van der Waals surface area contributed by atoms with Crippen molar-refractivity contribution in [1.29, 1.82) is 5.26 Å². The van der Waals surface area contributed by atoms with Gasteiger partial charge in [-0.05, 0) is 33.0 Å². The van der Waals surface area contributed by atoms with Crippen LogP contribution in [0.4, 0.5) is 0 Å². The van der Waals surface area contributed by atoms with Gasteiger partial charge in [-0.2, -0.15) is 5.26 Å². The van der Waals surface area contributed by atoms with E-state index in [4.69, 9.17) is 5.26 Å². The van der Waals surface area contributed by atoms with Crippen molar-refractivity contribution in [3.05, 3.63) is 0 Å². The zero-order chi connectivity index (χ0) is 10.8. The number of amides is 1. The molecule has 0 aromatic carbocycles. The molecule has 0 spiro atoms. The molecule has 1 atom stereocenters. The van der Waals surface area contributed by atoms with Crippen molar-refractivity contribution in [2.45, 2.75) is 25.3 Å². The van der Waals surface area contributed by atoms with Gasteiger partial charge in [-0.1, -0.05) is 0 Å². The predicted molar refractivity (Wildman–Crippen MR) is 56.0 cm³/mol. The monoisotopic (exact) mass is 207 g/mol. The topological polar surface area (TPSA) is 47.3 Å². The van der Waals surface area contributed by atoms with E-state index in [1.807, 2.05) is 4.90 Å². The molecule has 1 amide bonds. The van der Waals surface area contributed by atoms with Crippen LogP contribution in [0.15, 0.2) is 0 Å². The lowest BCUT2D eigenvalue weighted by molar-refractivity contribution is -0.130. The fraction of sp³-hybridized carbons (Fsp3) is 0.818. The summed E-state index contributed by atoms with van der Waals surface area (Å²) in [6, 6.07) is 2.58. The zero-order valence-electron chi connectivity index (χ0n) is 9.15. The summed E-state index contributed by atoms with van der Waals surface area (Å²) in [5, 5.41) is 8.80. The number of nitrogens with zero attached hydrogens (tertiary/aromatic N) is 3. The Hall–Kier alpha value is -1.08. The van der Waals surface area contributed by atoms with Crippen LogP contribution in [0.1, 0.15) is 19.3 Å². The van der Waals surface area contributed by atoms with Crippen LogP contribution in [0.3, 0.4) is 0 Å². The minimum atomic E-state index is -0.0721. The minimum Gasteiger partial charge on any atom is -0.338 e. The summed E-state index contributed by atoms with van der Waals surface area (Å²) < 4.78 is 0. The van der Waals surface area contributed by atoms with Gasteiger partial charge in [0.05, 0.1) is 12.0 Å². The van der Waals surface area contributed by atoms with Gasteiger partial charge in [0.1, 0.15) is 0 Å². The van der Waals surface area contributed by atoms with E-state index < -0.39 is 0 Å². The zero-order valence-corrected chi connectivity index (χ0v) is 9.15. The Morgan fingerprint density at radius 1 is 1.40 bits per heavy atom. The summed E-state index contributed by atoms with van der Waals surface area (Å²) >= 11 is 0. The molecule has 0 N–H and O–H groups in total. The average molecular weight is 207 g/mol. The quantitative estimate of drug-likeness (QED) is 0.627. The van der Waals surface area contributed by atoms with Gasteiger partial charge in [-0.25, -0.2) is 0 Å². The summed E-state index contributed by atoms with van der Waals surface area (Å²) in [6.07, 6.45) is 2.55. The summed E-state index contributed by atoms with van der Waals surface area (Å²) in [6.45, 7) is 2.78. The molecule has 2 aliphatic rings. The second-order valence-corrected chi connectivity index (χ2v) is 4.61. The highest BCUT2D eigenvalue weighted by Gasteiger charge is 2.35. The molecule has 2 saturated heterocycles. The molecule has 4 nitrogen and oxygen atoms in total. The van der Waals surface area contributed by atoms with Crippen LogP contribution in [0.2, 0.25) is 0 Å². The summed E-state index contributed by atoms with van der Waals surface area (Å²) in [5.74, 6) is 0.105. The van der Waals surface area contributed by atoms with Crippen LogP contribution >= 0.6 is 0 Å². The average Bonchev–Trinajstić information content (AvgIpc) is 2.61. The van der Waals surface area contributed by atoms with Crippen molar-refractivity contribution in [3.8, 4) is 6.07 Å². The fourth-order valence-electron chi connectivity index (χ4n) is 2.48. The summed E-state index contributed by atoms with van der Waals surface area (Å²) in [4.78, 5) is 15.9. The van der Waals surface area contributed by atoms with E-state index in [1.165, 1.54) is 0 Å². The van der Waals surface area contributed by atoms with E-state index in [2.05, 4.69) is 18.0 Å². The normalized spacial score (nSPS) is 29.5.